The molecule has 1 heterocycles. The lowest BCUT2D eigenvalue weighted by Gasteiger charge is -2.26. The summed E-state index contributed by atoms with van der Waals surface area (Å²) in [7, 11) is 0. The Morgan fingerprint density at radius 1 is 1.14 bits per heavy atom. The van der Waals surface area contributed by atoms with Crippen LogP contribution in [0.15, 0.2) is 54.6 Å². The molecule has 0 radical (unpaired) electrons. The van der Waals surface area contributed by atoms with E-state index in [1.165, 1.54) is 0 Å². The molecule has 0 fully saturated rings. The maximum absolute atomic E-state index is 12.5. The molecule has 2 unspecified atom stereocenters. The van der Waals surface area contributed by atoms with Gasteiger partial charge >= 0.3 is 5.97 Å². The largest absolute Gasteiger partial charge is 0.457 e. The van der Waals surface area contributed by atoms with Gasteiger partial charge < -0.3 is 10.1 Å². The number of benzene rings is 2. The Balaban J connectivity index is 1.75. The summed E-state index contributed by atoms with van der Waals surface area (Å²) in [5.41, 5.74) is 3.10. The van der Waals surface area contributed by atoms with Gasteiger partial charge in [0, 0.05) is 12.2 Å². The Morgan fingerprint density at radius 3 is 2.67 bits per heavy atom. The van der Waals surface area contributed by atoms with Crippen molar-refractivity contribution in [2.24, 2.45) is 0 Å². The van der Waals surface area contributed by atoms with Gasteiger partial charge in [0.2, 0.25) is 0 Å². The molecule has 3 nitrogen and oxygen atoms in total. The average Bonchev–Trinajstić information content (AvgIpc) is 2.55. The van der Waals surface area contributed by atoms with Gasteiger partial charge in [-0.2, -0.15) is 0 Å². The van der Waals surface area contributed by atoms with Crippen LogP contribution in [0.2, 0.25) is 0 Å². The first-order valence-electron chi connectivity index (χ1n) is 7.34. The summed E-state index contributed by atoms with van der Waals surface area (Å²) in [6, 6.07) is 17.8. The van der Waals surface area contributed by atoms with Crippen LogP contribution >= 0.6 is 0 Å². The normalized spacial score (nSPS) is 18.2. The first-order chi connectivity index (χ1) is 10.3. The Labute approximate surface area is 124 Å². The molecular formula is C18H19NO2. The molecule has 0 aromatic heterocycles. The van der Waals surface area contributed by atoms with Gasteiger partial charge in [-0.3, -0.25) is 4.79 Å². The molecule has 2 atom stereocenters. The van der Waals surface area contributed by atoms with Gasteiger partial charge in [0.05, 0.1) is 5.92 Å². The van der Waals surface area contributed by atoms with Crippen LogP contribution < -0.4 is 5.32 Å². The SMILES string of the molecule is CC(OC(=O)C1CCNc2ccccc21)c1ccccc1. The summed E-state index contributed by atoms with van der Waals surface area (Å²) in [5, 5.41) is 3.32. The number of rotatable bonds is 3. The second kappa shape index (κ2) is 6.00. The lowest BCUT2D eigenvalue weighted by Crippen LogP contribution is -2.25. The fourth-order valence-corrected chi connectivity index (χ4v) is 2.76. The molecule has 1 N–H and O–H groups in total. The maximum atomic E-state index is 12.5. The van der Waals surface area contributed by atoms with E-state index in [-0.39, 0.29) is 18.0 Å². The van der Waals surface area contributed by atoms with Crippen LogP contribution in [0.5, 0.6) is 0 Å². The highest BCUT2D eigenvalue weighted by atomic mass is 16.5. The predicted octanol–water partition coefficient (Wildman–Crippen LogP) is 3.89. The number of anilines is 1. The number of fused-ring (bicyclic) bond motifs is 1. The number of para-hydroxylation sites is 1. The molecular weight excluding hydrogens is 262 g/mol. The fourth-order valence-electron chi connectivity index (χ4n) is 2.76. The predicted molar refractivity (Wildman–Crippen MR) is 83.2 cm³/mol. The maximum Gasteiger partial charge on any atom is 0.314 e. The first kappa shape index (κ1) is 13.7. The average molecular weight is 281 g/mol. The van der Waals surface area contributed by atoms with E-state index >= 15 is 0 Å². The van der Waals surface area contributed by atoms with Crippen molar-refractivity contribution in [2.45, 2.75) is 25.4 Å². The van der Waals surface area contributed by atoms with Crippen molar-refractivity contribution in [1.82, 2.24) is 0 Å². The van der Waals surface area contributed by atoms with Crippen molar-refractivity contribution in [1.29, 1.82) is 0 Å². The highest BCUT2D eigenvalue weighted by molar-refractivity contribution is 5.81. The van der Waals surface area contributed by atoms with E-state index in [2.05, 4.69) is 5.32 Å². The van der Waals surface area contributed by atoms with E-state index < -0.39 is 0 Å². The number of ether oxygens (including phenoxy) is 1. The van der Waals surface area contributed by atoms with Crippen LogP contribution in [0.1, 0.15) is 36.5 Å². The fraction of sp³-hybridized carbons (Fsp3) is 0.278. The minimum Gasteiger partial charge on any atom is -0.457 e. The number of carbonyl (C=O) groups excluding carboxylic acids is 1. The van der Waals surface area contributed by atoms with E-state index in [0.717, 1.165) is 29.8 Å². The molecule has 108 valence electrons. The van der Waals surface area contributed by atoms with Crippen molar-refractivity contribution in [3.8, 4) is 0 Å². The summed E-state index contributed by atoms with van der Waals surface area (Å²) < 4.78 is 5.67. The van der Waals surface area contributed by atoms with Crippen molar-refractivity contribution < 1.29 is 9.53 Å². The van der Waals surface area contributed by atoms with Gasteiger partial charge in [-0.25, -0.2) is 0 Å². The molecule has 0 bridgehead atoms. The zero-order valence-electron chi connectivity index (χ0n) is 12.1. The lowest BCUT2D eigenvalue weighted by atomic mass is 9.91. The van der Waals surface area contributed by atoms with Crippen LogP contribution in [-0.2, 0) is 9.53 Å². The van der Waals surface area contributed by atoms with Crippen LogP contribution in [0.3, 0.4) is 0 Å². The van der Waals surface area contributed by atoms with Crippen molar-refractivity contribution in [2.75, 3.05) is 11.9 Å². The van der Waals surface area contributed by atoms with E-state index in [4.69, 9.17) is 4.74 Å². The smallest absolute Gasteiger partial charge is 0.314 e. The standard InChI is InChI=1S/C18H19NO2/c1-13(14-7-3-2-4-8-14)21-18(20)16-11-12-19-17-10-6-5-9-15(16)17/h2-10,13,16,19H,11-12H2,1H3. The molecule has 3 heteroatoms. The third-order valence-electron chi connectivity index (χ3n) is 3.93. The van der Waals surface area contributed by atoms with E-state index in [0.29, 0.717) is 0 Å². The number of nitrogens with one attached hydrogen (secondary N) is 1. The Hall–Kier alpha value is -2.29. The van der Waals surface area contributed by atoms with Crippen LogP contribution in [0.25, 0.3) is 0 Å². The second-order valence-electron chi connectivity index (χ2n) is 5.35. The summed E-state index contributed by atoms with van der Waals surface area (Å²) in [6.45, 7) is 2.72. The summed E-state index contributed by atoms with van der Waals surface area (Å²) >= 11 is 0. The summed E-state index contributed by atoms with van der Waals surface area (Å²) in [4.78, 5) is 12.5. The molecule has 3 rings (SSSR count). The van der Waals surface area contributed by atoms with Crippen molar-refractivity contribution in [3.63, 3.8) is 0 Å². The monoisotopic (exact) mass is 281 g/mol. The molecule has 0 saturated carbocycles. The van der Waals surface area contributed by atoms with Gasteiger partial charge in [0.25, 0.3) is 0 Å². The number of esters is 1. The van der Waals surface area contributed by atoms with Gasteiger partial charge in [0.15, 0.2) is 0 Å². The molecule has 1 aliphatic heterocycles. The molecule has 1 aliphatic rings. The molecule has 0 aliphatic carbocycles. The Kier molecular flexibility index (Phi) is 3.91. The minimum absolute atomic E-state index is 0.139. The van der Waals surface area contributed by atoms with Crippen LogP contribution in [0.4, 0.5) is 5.69 Å². The van der Waals surface area contributed by atoms with Gasteiger partial charge in [-0.05, 0) is 30.5 Å². The second-order valence-corrected chi connectivity index (χ2v) is 5.35. The highest BCUT2D eigenvalue weighted by Gasteiger charge is 2.28. The van der Waals surface area contributed by atoms with E-state index in [9.17, 15) is 4.79 Å². The number of carbonyl (C=O) groups is 1. The van der Waals surface area contributed by atoms with Crippen molar-refractivity contribution in [3.05, 3.63) is 65.7 Å². The quantitative estimate of drug-likeness (QED) is 0.867. The van der Waals surface area contributed by atoms with E-state index in [1.54, 1.807) is 0 Å². The molecule has 21 heavy (non-hydrogen) atoms. The lowest BCUT2D eigenvalue weighted by molar-refractivity contribution is -0.150. The van der Waals surface area contributed by atoms with Gasteiger partial charge in [0.1, 0.15) is 6.10 Å². The minimum atomic E-state index is -0.222. The molecule has 0 saturated heterocycles. The number of hydrogen-bond donors (Lipinski definition) is 1. The Morgan fingerprint density at radius 2 is 1.86 bits per heavy atom. The third kappa shape index (κ3) is 2.92. The van der Waals surface area contributed by atoms with Gasteiger partial charge in [-0.1, -0.05) is 48.5 Å². The topological polar surface area (TPSA) is 38.3 Å². The highest BCUT2D eigenvalue weighted by Crippen LogP contribution is 2.33. The number of hydrogen-bond acceptors (Lipinski definition) is 3. The molecule has 2 aromatic carbocycles. The van der Waals surface area contributed by atoms with E-state index in [1.807, 2.05) is 61.5 Å². The zero-order chi connectivity index (χ0) is 14.7. The zero-order valence-corrected chi connectivity index (χ0v) is 12.1. The molecule has 0 amide bonds. The van der Waals surface area contributed by atoms with Crippen molar-refractivity contribution >= 4 is 11.7 Å². The van der Waals surface area contributed by atoms with Crippen LogP contribution in [0, 0.1) is 0 Å². The Bertz CT molecular complexity index is 624. The summed E-state index contributed by atoms with van der Waals surface area (Å²) in [5.74, 6) is -0.311. The van der Waals surface area contributed by atoms with Gasteiger partial charge in [-0.15, -0.1) is 0 Å². The third-order valence-corrected chi connectivity index (χ3v) is 3.93. The molecule has 2 aromatic rings. The first-order valence-corrected chi connectivity index (χ1v) is 7.34. The summed E-state index contributed by atoms with van der Waals surface area (Å²) in [6.07, 6.45) is 0.554. The molecule has 0 spiro atoms. The van der Waals surface area contributed by atoms with Crippen LogP contribution in [-0.4, -0.2) is 12.5 Å².